The van der Waals surface area contributed by atoms with Crippen molar-refractivity contribution in [3.05, 3.63) is 28.3 Å². The molecule has 0 aliphatic heterocycles. The smallest absolute Gasteiger partial charge is 0.0405 e. The van der Waals surface area contributed by atoms with Crippen molar-refractivity contribution in [3.8, 4) is 0 Å². The van der Waals surface area contributed by atoms with E-state index in [0.717, 1.165) is 6.54 Å². The number of hydrogen-bond acceptors (Lipinski definition) is 2. The molecule has 1 aromatic rings. The van der Waals surface area contributed by atoms with Crippen molar-refractivity contribution in [2.45, 2.75) is 47.1 Å². The summed E-state index contributed by atoms with van der Waals surface area (Å²) in [6, 6.07) is 2.26. The van der Waals surface area contributed by atoms with Crippen LogP contribution >= 0.6 is 0 Å². The van der Waals surface area contributed by atoms with E-state index in [9.17, 15) is 0 Å². The fourth-order valence-corrected chi connectivity index (χ4v) is 1.88. The molecule has 0 bridgehead atoms. The maximum absolute atomic E-state index is 3.59. The second kappa shape index (κ2) is 5.09. The number of anilines is 1. The molecule has 0 saturated heterocycles. The Morgan fingerprint density at radius 1 is 1.00 bits per heavy atom. The van der Waals surface area contributed by atoms with E-state index < -0.39 is 0 Å². The zero-order chi connectivity index (χ0) is 13.2. The Bertz CT molecular complexity index is 380. The lowest BCUT2D eigenvalue weighted by Crippen LogP contribution is -2.43. The monoisotopic (exact) mass is 234 g/mol. The van der Waals surface area contributed by atoms with Gasteiger partial charge in [0.25, 0.3) is 0 Å². The van der Waals surface area contributed by atoms with Gasteiger partial charge >= 0.3 is 0 Å². The van der Waals surface area contributed by atoms with Crippen LogP contribution in [0.4, 0.5) is 5.69 Å². The Hall–Kier alpha value is -1.02. The minimum atomic E-state index is 0.108. The molecule has 0 spiro atoms. The van der Waals surface area contributed by atoms with Crippen LogP contribution in [-0.2, 0) is 0 Å². The Balaban J connectivity index is 2.99. The molecule has 1 aromatic carbocycles. The molecule has 0 amide bonds. The van der Waals surface area contributed by atoms with Gasteiger partial charge in [0.1, 0.15) is 0 Å². The molecule has 2 nitrogen and oxygen atoms in total. The summed E-state index contributed by atoms with van der Waals surface area (Å²) in [5, 5.41) is 6.91. The summed E-state index contributed by atoms with van der Waals surface area (Å²) in [7, 11) is 2.00. The number of hydrogen-bond donors (Lipinski definition) is 2. The molecule has 17 heavy (non-hydrogen) atoms. The Morgan fingerprint density at radius 2 is 1.47 bits per heavy atom. The fourth-order valence-electron chi connectivity index (χ4n) is 1.88. The van der Waals surface area contributed by atoms with Crippen LogP contribution in [0.25, 0.3) is 0 Å². The van der Waals surface area contributed by atoms with Crippen LogP contribution in [-0.4, -0.2) is 19.1 Å². The first kappa shape index (κ1) is 14.0. The van der Waals surface area contributed by atoms with Crippen LogP contribution in [0.5, 0.6) is 0 Å². The molecule has 0 fully saturated rings. The minimum absolute atomic E-state index is 0.108. The number of rotatable bonds is 4. The second-order valence-corrected chi connectivity index (χ2v) is 5.62. The van der Waals surface area contributed by atoms with E-state index >= 15 is 0 Å². The van der Waals surface area contributed by atoms with Crippen LogP contribution in [0.15, 0.2) is 6.07 Å². The molecule has 0 radical (unpaired) electrons. The lowest BCUT2D eigenvalue weighted by Gasteiger charge is -2.27. The third-order valence-electron chi connectivity index (χ3n) is 3.75. The molecule has 2 N–H and O–H groups in total. The van der Waals surface area contributed by atoms with Crippen LogP contribution in [0.2, 0.25) is 0 Å². The van der Waals surface area contributed by atoms with Gasteiger partial charge in [-0.15, -0.1) is 0 Å². The van der Waals surface area contributed by atoms with Crippen molar-refractivity contribution in [3.63, 3.8) is 0 Å². The van der Waals surface area contributed by atoms with Crippen molar-refractivity contribution in [2.24, 2.45) is 0 Å². The van der Waals surface area contributed by atoms with Gasteiger partial charge in [-0.05, 0) is 70.8 Å². The highest BCUT2D eigenvalue weighted by Crippen LogP contribution is 2.26. The van der Waals surface area contributed by atoms with Gasteiger partial charge in [0.2, 0.25) is 0 Å². The summed E-state index contributed by atoms with van der Waals surface area (Å²) >= 11 is 0. The molecule has 0 aromatic heterocycles. The van der Waals surface area contributed by atoms with Gasteiger partial charge in [0, 0.05) is 17.8 Å². The zero-order valence-electron chi connectivity index (χ0n) is 12.3. The second-order valence-electron chi connectivity index (χ2n) is 5.62. The SMILES string of the molecule is CNC(C)(C)CNc1c(C)c(C)cc(C)c1C. The highest BCUT2D eigenvalue weighted by atomic mass is 15.0. The molecule has 0 aliphatic carbocycles. The van der Waals surface area contributed by atoms with Crippen LogP contribution < -0.4 is 10.6 Å². The van der Waals surface area contributed by atoms with E-state index in [1.165, 1.54) is 27.9 Å². The maximum atomic E-state index is 3.59. The summed E-state index contributed by atoms with van der Waals surface area (Å²) < 4.78 is 0. The summed E-state index contributed by atoms with van der Waals surface area (Å²) in [4.78, 5) is 0. The molecular formula is C15H26N2. The summed E-state index contributed by atoms with van der Waals surface area (Å²) in [5.74, 6) is 0. The number of nitrogens with one attached hydrogen (secondary N) is 2. The first-order valence-electron chi connectivity index (χ1n) is 6.28. The van der Waals surface area contributed by atoms with Crippen LogP contribution in [0.3, 0.4) is 0 Å². The maximum Gasteiger partial charge on any atom is 0.0405 e. The van der Waals surface area contributed by atoms with Crippen molar-refractivity contribution < 1.29 is 0 Å². The Labute approximate surface area is 106 Å². The Morgan fingerprint density at radius 3 is 1.88 bits per heavy atom. The zero-order valence-corrected chi connectivity index (χ0v) is 12.3. The molecule has 0 aliphatic rings. The van der Waals surface area contributed by atoms with E-state index in [2.05, 4.69) is 58.2 Å². The normalized spacial score (nSPS) is 11.7. The molecule has 2 heteroatoms. The lowest BCUT2D eigenvalue weighted by atomic mass is 9.97. The quantitative estimate of drug-likeness (QED) is 0.835. The average Bonchev–Trinajstić information content (AvgIpc) is 2.26. The third kappa shape index (κ3) is 3.22. The van der Waals surface area contributed by atoms with Crippen LogP contribution in [0, 0.1) is 27.7 Å². The highest BCUT2D eigenvalue weighted by Gasteiger charge is 2.16. The molecule has 0 atom stereocenters. The number of benzene rings is 1. The molecule has 0 unspecified atom stereocenters. The topological polar surface area (TPSA) is 24.1 Å². The summed E-state index contributed by atoms with van der Waals surface area (Å²) in [6.07, 6.45) is 0. The molecule has 0 saturated carbocycles. The standard InChI is InChI=1S/C15H26N2/c1-10-8-11(2)13(4)14(12(10)3)17-9-15(5,6)16-7/h8,16-17H,9H2,1-7H3. The number of likely N-dealkylation sites (N-methyl/N-ethyl adjacent to an activating group) is 1. The van der Waals surface area contributed by atoms with Gasteiger partial charge in [0.15, 0.2) is 0 Å². The fraction of sp³-hybridized carbons (Fsp3) is 0.600. The average molecular weight is 234 g/mol. The van der Waals surface area contributed by atoms with Gasteiger partial charge in [-0.2, -0.15) is 0 Å². The Kier molecular flexibility index (Phi) is 4.21. The molecular weight excluding hydrogens is 208 g/mol. The van der Waals surface area contributed by atoms with Gasteiger partial charge in [-0.3, -0.25) is 0 Å². The largest absolute Gasteiger partial charge is 0.383 e. The van der Waals surface area contributed by atoms with Crippen molar-refractivity contribution in [1.29, 1.82) is 0 Å². The van der Waals surface area contributed by atoms with E-state index in [4.69, 9.17) is 0 Å². The van der Waals surface area contributed by atoms with Crippen molar-refractivity contribution >= 4 is 5.69 Å². The number of aryl methyl sites for hydroxylation is 2. The van der Waals surface area contributed by atoms with Gasteiger partial charge in [0.05, 0.1) is 0 Å². The van der Waals surface area contributed by atoms with Crippen molar-refractivity contribution in [1.82, 2.24) is 5.32 Å². The predicted molar refractivity (Wildman–Crippen MR) is 77.0 cm³/mol. The summed E-state index contributed by atoms with van der Waals surface area (Å²) in [5.41, 5.74) is 6.85. The molecule has 1 rings (SSSR count). The first-order chi connectivity index (χ1) is 7.78. The lowest BCUT2D eigenvalue weighted by molar-refractivity contribution is 0.448. The molecule has 0 heterocycles. The van der Waals surface area contributed by atoms with E-state index in [1.807, 2.05) is 7.05 Å². The third-order valence-corrected chi connectivity index (χ3v) is 3.75. The van der Waals surface area contributed by atoms with Crippen LogP contribution in [0.1, 0.15) is 36.1 Å². The predicted octanol–water partition coefficient (Wildman–Crippen LogP) is 3.33. The van der Waals surface area contributed by atoms with E-state index in [-0.39, 0.29) is 5.54 Å². The minimum Gasteiger partial charge on any atom is -0.383 e. The van der Waals surface area contributed by atoms with Gasteiger partial charge in [-0.25, -0.2) is 0 Å². The van der Waals surface area contributed by atoms with E-state index in [1.54, 1.807) is 0 Å². The first-order valence-corrected chi connectivity index (χ1v) is 6.28. The molecule has 96 valence electrons. The summed E-state index contributed by atoms with van der Waals surface area (Å²) in [6.45, 7) is 14.1. The van der Waals surface area contributed by atoms with Crippen molar-refractivity contribution in [2.75, 3.05) is 18.9 Å². The van der Waals surface area contributed by atoms with Gasteiger partial charge < -0.3 is 10.6 Å². The highest BCUT2D eigenvalue weighted by molar-refractivity contribution is 5.62. The van der Waals surface area contributed by atoms with Gasteiger partial charge in [-0.1, -0.05) is 6.07 Å². The van der Waals surface area contributed by atoms with E-state index in [0.29, 0.717) is 0 Å².